The lowest BCUT2D eigenvalue weighted by Crippen LogP contribution is -2.27. The Morgan fingerprint density at radius 3 is 2.38 bits per heavy atom. The maximum atomic E-state index is 11.7. The van der Waals surface area contributed by atoms with Crippen molar-refractivity contribution in [2.75, 3.05) is 12.4 Å². The van der Waals surface area contributed by atoms with Crippen LogP contribution in [0.5, 0.6) is 5.75 Å². The van der Waals surface area contributed by atoms with Gasteiger partial charge in [-0.3, -0.25) is 5.32 Å². The summed E-state index contributed by atoms with van der Waals surface area (Å²) in [5, 5.41) is 11.5. The van der Waals surface area contributed by atoms with Gasteiger partial charge in [-0.1, -0.05) is 6.58 Å². The fourth-order valence-corrected chi connectivity index (χ4v) is 1.55. The average Bonchev–Trinajstić information content (AvgIpc) is 2.35. The van der Waals surface area contributed by atoms with Crippen LogP contribution in [0.1, 0.15) is 26.3 Å². The number of methoxy groups -OCH3 is 1. The number of benzene rings is 1. The van der Waals surface area contributed by atoms with Gasteiger partial charge in [-0.25, -0.2) is 9.59 Å². The van der Waals surface area contributed by atoms with Gasteiger partial charge < -0.3 is 14.6 Å². The summed E-state index contributed by atoms with van der Waals surface area (Å²) in [4.78, 5) is 22.6. The molecule has 0 aliphatic carbocycles. The zero-order valence-electron chi connectivity index (χ0n) is 12.5. The lowest BCUT2D eigenvalue weighted by molar-refractivity contribution is -0.130. The average molecular weight is 293 g/mol. The van der Waals surface area contributed by atoms with Crippen LogP contribution in [0.2, 0.25) is 0 Å². The zero-order valence-corrected chi connectivity index (χ0v) is 12.5. The molecule has 0 aliphatic rings. The lowest BCUT2D eigenvalue weighted by atomic mass is 10.1. The van der Waals surface area contributed by atoms with Crippen molar-refractivity contribution in [2.45, 2.75) is 26.4 Å². The Bertz CT molecular complexity index is 572. The summed E-state index contributed by atoms with van der Waals surface area (Å²) in [6.07, 6.45) is -0.602. The Balaban J connectivity index is 2.95. The van der Waals surface area contributed by atoms with Gasteiger partial charge in [0.15, 0.2) is 0 Å². The monoisotopic (exact) mass is 293 g/mol. The van der Waals surface area contributed by atoms with Gasteiger partial charge >= 0.3 is 12.1 Å². The van der Waals surface area contributed by atoms with Crippen molar-refractivity contribution in [1.82, 2.24) is 0 Å². The van der Waals surface area contributed by atoms with Crippen molar-refractivity contribution in [3.8, 4) is 5.75 Å². The highest BCUT2D eigenvalue weighted by atomic mass is 16.6. The molecule has 1 amide bonds. The van der Waals surface area contributed by atoms with Crippen LogP contribution in [0.15, 0.2) is 24.8 Å². The van der Waals surface area contributed by atoms with Crippen LogP contribution in [0.3, 0.4) is 0 Å². The number of anilines is 1. The van der Waals surface area contributed by atoms with Crippen LogP contribution in [0, 0.1) is 0 Å². The van der Waals surface area contributed by atoms with E-state index in [0.29, 0.717) is 17.0 Å². The lowest BCUT2D eigenvalue weighted by Gasteiger charge is -2.20. The van der Waals surface area contributed by atoms with Gasteiger partial charge in [0, 0.05) is 17.3 Å². The van der Waals surface area contributed by atoms with E-state index in [0.717, 1.165) is 0 Å². The third kappa shape index (κ3) is 4.83. The number of hydrogen-bond donors (Lipinski definition) is 2. The highest BCUT2D eigenvalue weighted by molar-refractivity contribution is 6.15. The minimum absolute atomic E-state index is 0.0873. The molecule has 1 aromatic rings. The topological polar surface area (TPSA) is 84.9 Å². The number of carbonyl (C=O) groups is 2. The van der Waals surface area contributed by atoms with E-state index < -0.39 is 17.7 Å². The number of hydrogen-bond acceptors (Lipinski definition) is 4. The van der Waals surface area contributed by atoms with Crippen molar-refractivity contribution >= 4 is 23.3 Å². The number of carboxylic acids is 1. The molecule has 0 heterocycles. The van der Waals surface area contributed by atoms with Crippen molar-refractivity contribution in [3.63, 3.8) is 0 Å². The highest BCUT2D eigenvalue weighted by Crippen LogP contribution is 2.28. The number of aliphatic carboxylic acids is 1. The zero-order chi connectivity index (χ0) is 16.2. The molecule has 0 aliphatic heterocycles. The van der Waals surface area contributed by atoms with Crippen molar-refractivity contribution in [3.05, 3.63) is 30.3 Å². The van der Waals surface area contributed by atoms with Crippen LogP contribution in [-0.2, 0) is 9.53 Å². The second-order valence-electron chi connectivity index (χ2n) is 5.33. The standard InChI is InChI=1S/C15H19NO5/c1-9(13(17)18)11-7-6-10(8-12(11)20-5)16-14(19)21-15(2,3)4/h6-8H,1H2,2-5H3,(H,16,19)(H,17,18). The molecule has 1 aromatic carbocycles. The molecule has 1 rings (SSSR count). The summed E-state index contributed by atoms with van der Waals surface area (Å²) in [6.45, 7) is 8.75. The maximum absolute atomic E-state index is 11.7. The molecule has 114 valence electrons. The minimum Gasteiger partial charge on any atom is -0.496 e. The predicted molar refractivity (Wildman–Crippen MR) is 79.5 cm³/mol. The van der Waals surface area contributed by atoms with Crippen molar-refractivity contribution in [1.29, 1.82) is 0 Å². The van der Waals surface area contributed by atoms with E-state index >= 15 is 0 Å². The molecule has 0 atom stereocenters. The molecule has 0 fully saturated rings. The van der Waals surface area contributed by atoms with Gasteiger partial charge in [-0.15, -0.1) is 0 Å². The van der Waals surface area contributed by atoms with E-state index in [1.807, 2.05) is 0 Å². The SMILES string of the molecule is C=C(C(=O)O)c1ccc(NC(=O)OC(C)(C)C)cc1OC. The number of amides is 1. The van der Waals surface area contributed by atoms with E-state index in [1.165, 1.54) is 19.2 Å². The Morgan fingerprint density at radius 1 is 1.29 bits per heavy atom. The number of rotatable bonds is 4. The third-order valence-corrected chi connectivity index (χ3v) is 2.43. The highest BCUT2D eigenvalue weighted by Gasteiger charge is 2.18. The molecule has 0 saturated carbocycles. The molecule has 21 heavy (non-hydrogen) atoms. The van der Waals surface area contributed by atoms with E-state index in [2.05, 4.69) is 11.9 Å². The van der Waals surface area contributed by atoms with Gasteiger partial charge in [-0.2, -0.15) is 0 Å². The number of ether oxygens (including phenoxy) is 2. The smallest absolute Gasteiger partial charge is 0.412 e. The normalized spacial score (nSPS) is 10.7. The quantitative estimate of drug-likeness (QED) is 0.833. The maximum Gasteiger partial charge on any atom is 0.412 e. The first-order valence-electron chi connectivity index (χ1n) is 6.24. The van der Waals surface area contributed by atoms with E-state index in [4.69, 9.17) is 14.6 Å². The molecule has 0 spiro atoms. The molecule has 0 bridgehead atoms. The molecule has 0 unspecified atom stereocenters. The summed E-state index contributed by atoms with van der Waals surface area (Å²) in [7, 11) is 1.41. The fourth-order valence-electron chi connectivity index (χ4n) is 1.55. The van der Waals surface area contributed by atoms with Crippen molar-refractivity contribution < 1.29 is 24.2 Å². The molecule has 6 heteroatoms. The Morgan fingerprint density at radius 2 is 1.90 bits per heavy atom. The molecular weight excluding hydrogens is 274 g/mol. The summed E-state index contributed by atoms with van der Waals surface area (Å²) in [5.74, 6) is -0.836. The molecular formula is C15H19NO5. The second-order valence-corrected chi connectivity index (χ2v) is 5.33. The Hall–Kier alpha value is -2.50. The summed E-state index contributed by atoms with van der Waals surface area (Å²) in [6, 6.07) is 4.57. The van der Waals surface area contributed by atoms with Gasteiger partial charge in [0.05, 0.1) is 12.7 Å². The van der Waals surface area contributed by atoms with Crippen LogP contribution < -0.4 is 10.1 Å². The Labute approximate surface area is 123 Å². The first-order chi connectivity index (χ1) is 9.64. The molecule has 0 saturated heterocycles. The van der Waals surface area contributed by atoms with E-state index in [-0.39, 0.29) is 5.57 Å². The third-order valence-electron chi connectivity index (χ3n) is 2.43. The Kier molecular flexibility index (Phi) is 4.97. The molecule has 0 radical (unpaired) electrons. The van der Waals surface area contributed by atoms with E-state index in [1.54, 1.807) is 26.8 Å². The minimum atomic E-state index is -1.14. The summed E-state index contributed by atoms with van der Waals surface area (Å²) < 4.78 is 10.3. The largest absolute Gasteiger partial charge is 0.496 e. The predicted octanol–water partition coefficient (Wildman–Crippen LogP) is 3.14. The van der Waals surface area contributed by atoms with Crippen LogP contribution >= 0.6 is 0 Å². The second kappa shape index (κ2) is 6.30. The van der Waals surface area contributed by atoms with Crippen LogP contribution in [0.4, 0.5) is 10.5 Å². The van der Waals surface area contributed by atoms with E-state index in [9.17, 15) is 9.59 Å². The van der Waals surface area contributed by atoms with Gasteiger partial charge in [0.1, 0.15) is 11.4 Å². The van der Waals surface area contributed by atoms with Crippen molar-refractivity contribution in [2.24, 2.45) is 0 Å². The first-order valence-corrected chi connectivity index (χ1v) is 6.24. The first kappa shape index (κ1) is 16.6. The number of carbonyl (C=O) groups excluding carboxylic acids is 1. The fraction of sp³-hybridized carbons (Fsp3) is 0.333. The number of carboxylic acid groups (broad SMARTS) is 1. The van der Waals surface area contributed by atoms with Crippen LogP contribution in [0.25, 0.3) is 5.57 Å². The van der Waals surface area contributed by atoms with Crippen LogP contribution in [-0.4, -0.2) is 29.9 Å². The van der Waals surface area contributed by atoms with Gasteiger partial charge in [0.25, 0.3) is 0 Å². The summed E-state index contributed by atoms with van der Waals surface area (Å²) in [5.41, 5.74) is 0.0876. The van der Waals surface area contributed by atoms with Gasteiger partial charge in [0.2, 0.25) is 0 Å². The molecule has 2 N–H and O–H groups in total. The molecule has 6 nitrogen and oxygen atoms in total. The summed E-state index contributed by atoms with van der Waals surface area (Å²) >= 11 is 0. The number of nitrogens with one attached hydrogen (secondary N) is 1. The van der Waals surface area contributed by atoms with Gasteiger partial charge in [-0.05, 0) is 32.9 Å². The molecule has 0 aromatic heterocycles.